The number of rotatable bonds is 7. The summed E-state index contributed by atoms with van der Waals surface area (Å²) in [5.74, 6) is 0.860. The minimum absolute atomic E-state index is 0.203. The van der Waals surface area contributed by atoms with Gasteiger partial charge in [0.2, 0.25) is 15.9 Å². The normalized spacial score (nSPS) is 11.8. The third-order valence-electron chi connectivity index (χ3n) is 2.82. The van der Waals surface area contributed by atoms with Gasteiger partial charge in [0.15, 0.2) is 0 Å². The Balaban J connectivity index is 1.88. The van der Waals surface area contributed by atoms with E-state index in [0.29, 0.717) is 16.0 Å². The standard InChI is InChI=1S/C14H18N2O3S2/c1-11(2)12-5-3-7-15-14(12)19-9-8-16-21(17,18)13-6-4-10-20-13/h3-7,10-11,16H,8-9H2,1-2H3. The summed E-state index contributed by atoms with van der Waals surface area (Å²) in [6.07, 6.45) is 1.66. The molecule has 0 aliphatic rings. The topological polar surface area (TPSA) is 68.3 Å². The lowest BCUT2D eigenvalue weighted by atomic mass is 10.1. The van der Waals surface area contributed by atoms with Crippen molar-refractivity contribution in [2.24, 2.45) is 0 Å². The second-order valence-corrected chi connectivity index (χ2v) is 7.67. The van der Waals surface area contributed by atoms with E-state index < -0.39 is 10.0 Å². The monoisotopic (exact) mass is 326 g/mol. The molecule has 0 saturated heterocycles. The largest absolute Gasteiger partial charge is 0.476 e. The number of aromatic nitrogens is 1. The molecule has 0 spiro atoms. The van der Waals surface area contributed by atoms with E-state index in [4.69, 9.17) is 4.74 Å². The molecule has 0 unspecified atom stereocenters. The fraction of sp³-hybridized carbons (Fsp3) is 0.357. The Morgan fingerprint density at radius 2 is 2.14 bits per heavy atom. The van der Waals surface area contributed by atoms with Gasteiger partial charge in [-0.25, -0.2) is 18.1 Å². The maximum absolute atomic E-state index is 11.9. The molecule has 1 N–H and O–H groups in total. The average molecular weight is 326 g/mol. The first kappa shape index (κ1) is 15.9. The Morgan fingerprint density at radius 3 is 2.81 bits per heavy atom. The van der Waals surface area contributed by atoms with Crippen LogP contribution < -0.4 is 9.46 Å². The predicted molar refractivity (Wildman–Crippen MR) is 83.3 cm³/mol. The van der Waals surface area contributed by atoms with Gasteiger partial charge in [-0.2, -0.15) is 0 Å². The van der Waals surface area contributed by atoms with Crippen molar-refractivity contribution in [3.8, 4) is 5.88 Å². The molecule has 0 saturated carbocycles. The third kappa shape index (κ3) is 4.26. The molecule has 0 radical (unpaired) electrons. The summed E-state index contributed by atoms with van der Waals surface area (Å²) in [6, 6.07) is 7.10. The molecule has 0 fully saturated rings. The second-order valence-electron chi connectivity index (χ2n) is 4.73. The van der Waals surface area contributed by atoms with E-state index in [9.17, 15) is 8.42 Å². The fourth-order valence-corrected chi connectivity index (χ4v) is 3.83. The van der Waals surface area contributed by atoms with E-state index in [-0.39, 0.29) is 13.2 Å². The van der Waals surface area contributed by atoms with Crippen LogP contribution in [0.5, 0.6) is 5.88 Å². The minimum Gasteiger partial charge on any atom is -0.476 e. The molecule has 2 rings (SSSR count). The van der Waals surface area contributed by atoms with Crippen LogP contribution in [0.15, 0.2) is 40.1 Å². The highest BCUT2D eigenvalue weighted by Gasteiger charge is 2.14. The molecule has 7 heteroatoms. The van der Waals surface area contributed by atoms with Crippen LogP contribution in [0.4, 0.5) is 0 Å². The van der Waals surface area contributed by atoms with Crippen LogP contribution in [0.2, 0.25) is 0 Å². The first-order chi connectivity index (χ1) is 10.0. The molecule has 5 nitrogen and oxygen atoms in total. The van der Waals surface area contributed by atoms with E-state index in [1.165, 1.54) is 11.3 Å². The molecule has 0 aliphatic heterocycles. The summed E-state index contributed by atoms with van der Waals surface area (Å²) in [4.78, 5) is 4.19. The molecular weight excluding hydrogens is 308 g/mol. The van der Waals surface area contributed by atoms with Gasteiger partial charge >= 0.3 is 0 Å². The molecule has 0 atom stereocenters. The van der Waals surface area contributed by atoms with E-state index in [1.807, 2.05) is 12.1 Å². The fourth-order valence-electron chi connectivity index (χ4n) is 1.77. The first-order valence-electron chi connectivity index (χ1n) is 6.61. The Morgan fingerprint density at radius 1 is 1.33 bits per heavy atom. The maximum Gasteiger partial charge on any atom is 0.250 e. The number of hydrogen-bond acceptors (Lipinski definition) is 5. The zero-order valence-electron chi connectivity index (χ0n) is 11.9. The molecule has 2 aromatic rings. The molecular formula is C14H18N2O3S2. The van der Waals surface area contributed by atoms with Crippen molar-refractivity contribution in [3.05, 3.63) is 41.4 Å². The zero-order valence-corrected chi connectivity index (χ0v) is 13.6. The molecule has 2 aromatic heterocycles. The maximum atomic E-state index is 11.9. The van der Waals surface area contributed by atoms with E-state index in [1.54, 1.807) is 23.7 Å². The highest BCUT2D eigenvalue weighted by atomic mass is 32.2. The lowest BCUT2D eigenvalue weighted by Crippen LogP contribution is -2.27. The molecule has 0 amide bonds. The van der Waals surface area contributed by atoms with E-state index in [0.717, 1.165) is 5.56 Å². The number of pyridine rings is 1. The van der Waals surface area contributed by atoms with Gasteiger partial charge in [0.1, 0.15) is 10.8 Å². The van der Waals surface area contributed by atoms with Crippen molar-refractivity contribution in [1.82, 2.24) is 9.71 Å². The van der Waals surface area contributed by atoms with Gasteiger partial charge in [-0.15, -0.1) is 11.3 Å². The van der Waals surface area contributed by atoms with Gasteiger partial charge in [0.05, 0.1) is 0 Å². The first-order valence-corrected chi connectivity index (χ1v) is 8.98. The molecule has 0 bridgehead atoms. The summed E-state index contributed by atoms with van der Waals surface area (Å²) in [6.45, 7) is 4.56. The van der Waals surface area contributed by atoms with Gasteiger partial charge in [0.25, 0.3) is 0 Å². The molecule has 0 aliphatic carbocycles. The van der Waals surface area contributed by atoms with Crippen LogP contribution in [-0.2, 0) is 10.0 Å². The van der Waals surface area contributed by atoms with Crippen LogP contribution in [0.25, 0.3) is 0 Å². The minimum atomic E-state index is -3.43. The van der Waals surface area contributed by atoms with Crippen LogP contribution in [0.1, 0.15) is 25.3 Å². The molecule has 2 heterocycles. The summed E-state index contributed by atoms with van der Waals surface area (Å²) in [5, 5.41) is 1.73. The van der Waals surface area contributed by atoms with Crippen LogP contribution in [0, 0.1) is 0 Å². The number of ether oxygens (including phenoxy) is 1. The number of nitrogens with zero attached hydrogens (tertiary/aromatic N) is 1. The summed E-state index contributed by atoms with van der Waals surface area (Å²) in [5.41, 5.74) is 1.01. The second kappa shape index (κ2) is 7.02. The smallest absolute Gasteiger partial charge is 0.250 e. The molecule has 0 aromatic carbocycles. The lowest BCUT2D eigenvalue weighted by Gasteiger charge is -2.12. The Labute approximate surface area is 129 Å². The highest BCUT2D eigenvalue weighted by molar-refractivity contribution is 7.91. The van der Waals surface area contributed by atoms with Gasteiger partial charge < -0.3 is 4.74 Å². The van der Waals surface area contributed by atoms with Crippen molar-refractivity contribution in [3.63, 3.8) is 0 Å². The van der Waals surface area contributed by atoms with Gasteiger partial charge in [0, 0.05) is 18.3 Å². The Bertz CT molecular complexity index is 667. The number of nitrogens with one attached hydrogen (secondary N) is 1. The van der Waals surface area contributed by atoms with Crippen LogP contribution in [0.3, 0.4) is 0 Å². The third-order valence-corrected chi connectivity index (χ3v) is 5.67. The predicted octanol–water partition coefficient (Wildman–Crippen LogP) is 2.62. The van der Waals surface area contributed by atoms with Crippen molar-refractivity contribution in [1.29, 1.82) is 0 Å². The van der Waals surface area contributed by atoms with Crippen molar-refractivity contribution in [2.75, 3.05) is 13.2 Å². The van der Waals surface area contributed by atoms with Gasteiger partial charge in [-0.05, 0) is 23.4 Å². The number of hydrogen-bond donors (Lipinski definition) is 1. The number of sulfonamides is 1. The van der Waals surface area contributed by atoms with Crippen molar-refractivity contribution >= 4 is 21.4 Å². The quantitative estimate of drug-likeness (QED) is 0.794. The summed E-state index contributed by atoms with van der Waals surface area (Å²) < 4.78 is 32.2. The van der Waals surface area contributed by atoms with Crippen molar-refractivity contribution < 1.29 is 13.2 Å². The van der Waals surface area contributed by atoms with E-state index in [2.05, 4.69) is 23.6 Å². The summed E-state index contributed by atoms with van der Waals surface area (Å²) >= 11 is 1.19. The van der Waals surface area contributed by atoms with E-state index >= 15 is 0 Å². The summed E-state index contributed by atoms with van der Waals surface area (Å²) in [7, 11) is -3.43. The van der Waals surface area contributed by atoms with Crippen LogP contribution in [-0.4, -0.2) is 26.6 Å². The SMILES string of the molecule is CC(C)c1cccnc1OCCNS(=O)(=O)c1cccs1. The highest BCUT2D eigenvalue weighted by Crippen LogP contribution is 2.23. The van der Waals surface area contributed by atoms with Gasteiger partial charge in [-0.1, -0.05) is 26.0 Å². The van der Waals surface area contributed by atoms with Crippen LogP contribution >= 0.6 is 11.3 Å². The van der Waals surface area contributed by atoms with Gasteiger partial charge in [-0.3, -0.25) is 0 Å². The zero-order chi connectivity index (χ0) is 15.3. The molecule has 114 valence electrons. The Kier molecular flexibility index (Phi) is 5.33. The van der Waals surface area contributed by atoms with Crippen molar-refractivity contribution in [2.45, 2.75) is 24.0 Å². The number of thiophene rings is 1. The molecule has 21 heavy (non-hydrogen) atoms. The lowest BCUT2D eigenvalue weighted by molar-refractivity contribution is 0.306. The Hall–Kier alpha value is -1.44. The average Bonchev–Trinajstić information content (AvgIpc) is 2.99.